The second kappa shape index (κ2) is 6.49. The molecule has 0 aromatic carbocycles. The van der Waals surface area contributed by atoms with E-state index in [0.29, 0.717) is 13.1 Å². The molecule has 2 aliphatic heterocycles. The first-order valence-corrected chi connectivity index (χ1v) is 8.42. The maximum atomic E-state index is 12.4. The SMILES string of the molecule is COC1CN(S(=O)(=O)CC2CCNCC2)CC1OC. The standard InChI is InChI=1S/C12H24N2O4S/c1-17-11-7-14(8-12(11)18-2)19(15,16)9-10-3-5-13-6-4-10/h10-13H,3-9H2,1-2H3. The fourth-order valence-corrected chi connectivity index (χ4v) is 4.73. The van der Waals surface area contributed by atoms with Gasteiger partial charge in [-0.25, -0.2) is 8.42 Å². The van der Waals surface area contributed by atoms with Crippen molar-refractivity contribution in [3.05, 3.63) is 0 Å². The van der Waals surface area contributed by atoms with E-state index in [2.05, 4.69) is 5.32 Å². The van der Waals surface area contributed by atoms with Crippen molar-refractivity contribution in [2.24, 2.45) is 5.92 Å². The topological polar surface area (TPSA) is 67.9 Å². The Morgan fingerprint density at radius 2 is 1.63 bits per heavy atom. The largest absolute Gasteiger partial charge is 0.377 e. The molecule has 2 rings (SSSR count). The Labute approximate surface area is 115 Å². The lowest BCUT2D eigenvalue weighted by Gasteiger charge is -2.25. The van der Waals surface area contributed by atoms with E-state index < -0.39 is 10.0 Å². The minimum absolute atomic E-state index is 0.159. The Morgan fingerprint density at radius 1 is 1.11 bits per heavy atom. The smallest absolute Gasteiger partial charge is 0.214 e. The second-order valence-corrected chi connectivity index (χ2v) is 7.35. The van der Waals surface area contributed by atoms with Gasteiger partial charge in [-0.3, -0.25) is 0 Å². The van der Waals surface area contributed by atoms with E-state index in [1.54, 1.807) is 14.2 Å². The van der Waals surface area contributed by atoms with E-state index in [1.165, 1.54) is 4.31 Å². The van der Waals surface area contributed by atoms with Crippen molar-refractivity contribution in [1.82, 2.24) is 9.62 Å². The highest BCUT2D eigenvalue weighted by Gasteiger charge is 2.39. The predicted octanol–water partition coefficient (Wildman–Crippen LogP) is -0.339. The lowest BCUT2D eigenvalue weighted by Crippen LogP contribution is -2.38. The van der Waals surface area contributed by atoms with Crippen LogP contribution >= 0.6 is 0 Å². The molecule has 0 bridgehead atoms. The molecule has 0 aromatic rings. The Bertz CT molecular complexity index is 369. The molecule has 0 aromatic heterocycles. The number of ether oxygens (including phenoxy) is 2. The summed E-state index contributed by atoms with van der Waals surface area (Å²) in [7, 11) is -0.00642. The van der Waals surface area contributed by atoms with Crippen LogP contribution in [-0.4, -0.2) is 71.1 Å². The number of sulfonamides is 1. The number of methoxy groups -OCH3 is 2. The number of hydrogen-bond donors (Lipinski definition) is 1. The molecule has 0 radical (unpaired) electrons. The molecule has 0 spiro atoms. The molecule has 19 heavy (non-hydrogen) atoms. The van der Waals surface area contributed by atoms with Crippen molar-refractivity contribution in [3.8, 4) is 0 Å². The van der Waals surface area contributed by atoms with Gasteiger partial charge in [-0.15, -0.1) is 0 Å². The fourth-order valence-electron chi connectivity index (χ4n) is 2.84. The molecule has 2 heterocycles. The molecule has 112 valence electrons. The van der Waals surface area contributed by atoms with Crippen LogP contribution in [0.25, 0.3) is 0 Å². The summed E-state index contributed by atoms with van der Waals surface area (Å²) in [5.41, 5.74) is 0. The van der Waals surface area contributed by atoms with Gasteiger partial charge in [-0.2, -0.15) is 4.31 Å². The number of hydrogen-bond acceptors (Lipinski definition) is 5. The van der Waals surface area contributed by atoms with Gasteiger partial charge in [0.25, 0.3) is 0 Å². The molecule has 0 aliphatic carbocycles. The van der Waals surface area contributed by atoms with E-state index in [-0.39, 0.29) is 23.9 Å². The third-order valence-electron chi connectivity index (χ3n) is 4.09. The highest BCUT2D eigenvalue weighted by atomic mass is 32.2. The van der Waals surface area contributed by atoms with Gasteiger partial charge in [0, 0.05) is 27.3 Å². The van der Waals surface area contributed by atoms with E-state index >= 15 is 0 Å². The highest BCUT2D eigenvalue weighted by Crippen LogP contribution is 2.22. The van der Waals surface area contributed by atoms with E-state index in [4.69, 9.17) is 9.47 Å². The molecule has 6 nitrogen and oxygen atoms in total. The molecule has 2 atom stereocenters. The zero-order valence-corrected chi connectivity index (χ0v) is 12.5. The molecular weight excluding hydrogens is 268 g/mol. The number of nitrogens with zero attached hydrogens (tertiary/aromatic N) is 1. The molecule has 2 aliphatic rings. The van der Waals surface area contributed by atoms with Crippen LogP contribution in [0.2, 0.25) is 0 Å². The van der Waals surface area contributed by atoms with Crippen molar-refractivity contribution < 1.29 is 17.9 Å². The third kappa shape index (κ3) is 3.66. The van der Waals surface area contributed by atoms with Gasteiger partial charge in [0.05, 0.1) is 18.0 Å². The van der Waals surface area contributed by atoms with Crippen molar-refractivity contribution in [1.29, 1.82) is 0 Å². The van der Waals surface area contributed by atoms with Gasteiger partial charge in [0.15, 0.2) is 0 Å². The summed E-state index contributed by atoms with van der Waals surface area (Å²) in [6, 6.07) is 0. The van der Waals surface area contributed by atoms with Crippen LogP contribution in [0, 0.1) is 5.92 Å². The maximum Gasteiger partial charge on any atom is 0.214 e. The summed E-state index contributed by atoms with van der Waals surface area (Å²) in [6.45, 7) is 2.65. The predicted molar refractivity (Wildman–Crippen MR) is 72.5 cm³/mol. The summed E-state index contributed by atoms with van der Waals surface area (Å²) in [4.78, 5) is 0. The fraction of sp³-hybridized carbons (Fsp3) is 1.00. The quantitative estimate of drug-likeness (QED) is 0.751. The van der Waals surface area contributed by atoms with Gasteiger partial charge in [0.2, 0.25) is 10.0 Å². The molecule has 1 N–H and O–H groups in total. The number of rotatable bonds is 5. The third-order valence-corrected chi connectivity index (χ3v) is 6.06. The highest BCUT2D eigenvalue weighted by molar-refractivity contribution is 7.89. The van der Waals surface area contributed by atoms with Crippen molar-refractivity contribution in [2.45, 2.75) is 25.0 Å². The van der Waals surface area contributed by atoms with Crippen LogP contribution in [0.4, 0.5) is 0 Å². The molecular formula is C12H24N2O4S. The summed E-state index contributed by atoms with van der Waals surface area (Å²) < 4.78 is 36.9. The van der Waals surface area contributed by atoms with Crippen LogP contribution in [-0.2, 0) is 19.5 Å². The minimum atomic E-state index is -3.20. The maximum absolute atomic E-state index is 12.4. The Morgan fingerprint density at radius 3 is 2.11 bits per heavy atom. The zero-order chi connectivity index (χ0) is 13.9. The van der Waals surface area contributed by atoms with Gasteiger partial charge >= 0.3 is 0 Å². The lowest BCUT2D eigenvalue weighted by atomic mass is 10.0. The monoisotopic (exact) mass is 292 g/mol. The zero-order valence-electron chi connectivity index (χ0n) is 11.7. The summed E-state index contributed by atoms with van der Waals surface area (Å²) in [5, 5.41) is 3.25. The Hall–Kier alpha value is -0.210. The van der Waals surface area contributed by atoms with E-state index in [9.17, 15) is 8.42 Å². The van der Waals surface area contributed by atoms with E-state index in [0.717, 1.165) is 25.9 Å². The first-order chi connectivity index (χ1) is 9.06. The first kappa shape index (κ1) is 15.2. The normalized spacial score (nSPS) is 30.8. The van der Waals surface area contributed by atoms with Gasteiger partial charge in [-0.1, -0.05) is 0 Å². The number of piperidine rings is 1. The van der Waals surface area contributed by atoms with Crippen molar-refractivity contribution in [2.75, 3.05) is 46.2 Å². The Kier molecular flexibility index (Phi) is 5.19. The van der Waals surface area contributed by atoms with Crippen LogP contribution in [0.15, 0.2) is 0 Å². The van der Waals surface area contributed by atoms with Crippen LogP contribution in [0.1, 0.15) is 12.8 Å². The van der Waals surface area contributed by atoms with E-state index in [1.807, 2.05) is 0 Å². The van der Waals surface area contributed by atoms with Gasteiger partial charge in [-0.05, 0) is 31.8 Å². The van der Waals surface area contributed by atoms with Crippen LogP contribution in [0.5, 0.6) is 0 Å². The summed E-state index contributed by atoms with van der Waals surface area (Å²) in [5.74, 6) is 0.524. The van der Waals surface area contributed by atoms with Gasteiger partial charge < -0.3 is 14.8 Å². The van der Waals surface area contributed by atoms with Crippen molar-refractivity contribution >= 4 is 10.0 Å². The Balaban J connectivity index is 1.96. The number of nitrogens with one attached hydrogen (secondary N) is 1. The summed E-state index contributed by atoms with van der Waals surface area (Å²) in [6.07, 6.45) is 1.56. The molecule has 0 amide bonds. The molecule has 0 saturated carbocycles. The van der Waals surface area contributed by atoms with Gasteiger partial charge in [0.1, 0.15) is 0 Å². The molecule has 7 heteroatoms. The van der Waals surface area contributed by atoms with Crippen LogP contribution in [0.3, 0.4) is 0 Å². The first-order valence-electron chi connectivity index (χ1n) is 6.81. The average molecular weight is 292 g/mol. The van der Waals surface area contributed by atoms with Crippen molar-refractivity contribution in [3.63, 3.8) is 0 Å². The van der Waals surface area contributed by atoms with Crippen LogP contribution < -0.4 is 5.32 Å². The lowest BCUT2D eigenvalue weighted by molar-refractivity contribution is -0.00461. The second-order valence-electron chi connectivity index (χ2n) is 5.34. The molecule has 2 unspecified atom stereocenters. The summed E-state index contributed by atoms with van der Waals surface area (Å²) >= 11 is 0. The average Bonchev–Trinajstić information content (AvgIpc) is 2.83. The molecule has 2 fully saturated rings. The minimum Gasteiger partial charge on any atom is -0.377 e. The molecule has 2 saturated heterocycles.